The fourth-order valence-electron chi connectivity index (χ4n) is 2.03. The summed E-state index contributed by atoms with van der Waals surface area (Å²) < 4.78 is 2.16. The van der Waals surface area contributed by atoms with Gasteiger partial charge in [-0.3, -0.25) is 0 Å². The van der Waals surface area contributed by atoms with E-state index in [-0.39, 0.29) is 0 Å². The largest absolute Gasteiger partial charge is 0.135 e. The number of hydrogen-bond donors (Lipinski definition) is 0. The molecule has 3 heteroatoms. The van der Waals surface area contributed by atoms with Crippen molar-refractivity contribution in [1.29, 1.82) is 0 Å². The molecule has 0 aliphatic heterocycles. The van der Waals surface area contributed by atoms with Crippen molar-refractivity contribution in [3.05, 3.63) is 83.2 Å². The summed E-state index contributed by atoms with van der Waals surface area (Å²) in [5, 5.41) is 0. The van der Waals surface area contributed by atoms with E-state index in [1.54, 1.807) is 11.3 Å². The Morgan fingerprint density at radius 3 is 1.95 bits per heavy atom. The van der Waals surface area contributed by atoms with Gasteiger partial charge in [0.15, 0.2) is 0 Å². The van der Waals surface area contributed by atoms with Crippen LogP contribution in [0, 0.1) is 0 Å². The van der Waals surface area contributed by atoms with Gasteiger partial charge in [0.05, 0.1) is 0 Å². The van der Waals surface area contributed by atoms with Crippen LogP contribution < -0.4 is 0 Å². The quantitative estimate of drug-likeness (QED) is 0.427. The van der Waals surface area contributed by atoms with Gasteiger partial charge in [-0.1, -0.05) is 60.7 Å². The number of thiophene rings is 1. The lowest BCUT2D eigenvalue weighted by Crippen LogP contribution is -1.77. The molecule has 21 heavy (non-hydrogen) atoms. The second-order valence-corrected chi connectivity index (χ2v) is 7.19. The second-order valence-electron chi connectivity index (χ2n) is 4.52. The minimum absolute atomic E-state index is 1.07. The predicted molar refractivity (Wildman–Crippen MR) is 101 cm³/mol. The van der Waals surface area contributed by atoms with E-state index in [1.165, 1.54) is 20.9 Å². The molecule has 0 saturated heterocycles. The first-order chi connectivity index (χ1) is 10.3. The number of rotatable bonds is 3. The van der Waals surface area contributed by atoms with E-state index in [2.05, 4.69) is 80.4 Å². The minimum Gasteiger partial charge on any atom is -0.135 e. The van der Waals surface area contributed by atoms with Gasteiger partial charge >= 0.3 is 0 Å². The molecule has 0 amide bonds. The van der Waals surface area contributed by atoms with Gasteiger partial charge in [0.1, 0.15) is 0 Å². The average Bonchev–Trinajstić information content (AvgIpc) is 3.05. The summed E-state index contributed by atoms with van der Waals surface area (Å²) in [5.74, 6) is 0. The highest BCUT2D eigenvalue weighted by Crippen LogP contribution is 2.40. The number of halogens is 2. The highest BCUT2D eigenvalue weighted by molar-refractivity contribution is 9.18. The first-order valence-corrected chi connectivity index (χ1v) is 8.92. The van der Waals surface area contributed by atoms with Crippen molar-refractivity contribution in [3.8, 4) is 10.4 Å². The van der Waals surface area contributed by atoms with Gasteiger partial charge in [-0.2, -0.15) is 0 Å². The summed E-state index contributed by atoms with van der Waals surface area (Å²) in [6, 6.07) is 25.1. The topological polar surface area (TPSA) is 0 Å². The molecule has 0 atom stereocenters. The van der Waals surface area contributed by atoms with Gasteiger partial charge in [-0.15, -0.1) is 11.3 Å². The fourth-order valence-corrected chi connectivity index (χ4v) is 4.20. The van der Waals surface area contributed by atoms with E-state index in [4.69, 9.17) is 0 Å². The van der Waals surface area contributed by atoms with Crippen LogP contribution in [0.2, 0.25) is 0 Å². The molecule has 0 bridgehead atoms. The monoisotopic (exact) mass is 418 g/mol. The van der Waals surface area contributed by atoms with Crippen LogP contribution in [0.25, 0.3) is 19.4 Å². The summed E-state index contributed by atoms with van der Waals surface area (Å²) in [6.07, 6.45) is 0. The van der Waals surface area contributed by atoms with Crippen molar-refractivity contribution in [2.45, 2.75) is 0 Å². The molecule has 3 rings (SSSR count). The second kappa shape index (κ2) is 6.73. The van der Waals surface area contributed by atoms with Crippen LogP contribution >= 0.6 is 43.2 Å². The van der Waals surface area contributed by atoms with Gasteiger partial charge in [-0.25, -0.2) is 0 Å². The SMILES string of the molecule is Br/C(=C(/Br)c1ccc(-c2ccccc2)s1)c1ccccc1. The summed E-state index contributed by atoms with van der Waals surface area (Å²) in [4.78, 5) is 2.49. The Labute approximate surface area is 145 Å². The normalized spacial score (nSPS) is 12.1. The minimum atomic E-state index is 1.07. The summed E-state index contributed by atoms with van der Waals surface area (Å²) in [6.45, 7) is 0. The summed E-state index contributed by atoms with van der Waals surface area (Å²) in [5.41, 5.74) is 2.42. The van der Waals surface area contributed by atoms with Crippen LogP contribution in [0.3, 0.4) is 0 Å². The molecule has 2 aromatic carbocycles. The Balaban J connectivity index is 1.96. The molecule has 3 aromatic rings. The molecule has 0 radical (unpaired) electrons. The van der Waals surface area contributed by atoms with Crippen LogP contribution in [0.1, 0.15) is 10.4 Å². The molecule has 1 aromatic heterocycles. The molecular formula is C18H12Br2S. The van der Waals surface area contributed by atoms with E-state index in [0.29, 0.717) is 0 Å². The molecule has 104 valence electrons. The molecule has 0 unspecified atom stereocenters. The van der Waals surface area contributed by atoms with Crippen molar-refractivity contribution < 1.29 is 0 Å². The molecule has 0 aliphatic carbocycles. The Kier molecular flexibility index (Phi) is 4.73. The molecule has 1 heterocycles. The van der Waals surface area contributed by atoms with Crippen molar-refractivity contribution in [3.63, 3.8) is 0 Å². The van der Waals surface area contributed by atoms with Crippen LogP contribution in [-0.2, 0) is 0 Å². The Bertz CT molecular complexity index is 758. The standard InChI is InChI=1S/C18H12Br2S/c19-17(14-9-5-2-6-10-14)18(20)16-12-11-15(21-16)13-7-3-1-4-8-13/h1-12H/b18-17+. The molecule has 0 N–H and O–H groups in total. The van der Waals surface area contributed by atoms with Gasteiger partial charge in [0.2, 0.25) is 0 Å². The van der Waals surface area contributed by atoms with Crippen molar-refractivity contribution in [2.24, 2.45) is 0 Å². The van der Waals surface area contributed by atoms with Crippen LogP contribution in [-0.4, -0.2) is 0 Å². The van der Waals surface area contributed by atoms with E-state index < -0.39 is 0 Å². The lowest BCUT2D eigenvalue weighted by molar-refractivity contribution is 1.66. The average molecular weight is 420 g/mol. The van der Waals surface area contributed by atoms with Gasteiger partial charge < -0.3 is 0 Å². The first-order valence-electron chi connectivity index (χ1n) is 6.52. The van der Waals surface area contributed by atoms with Crippen LogP contribution in [0.5, 0.6) is 0 Å². The van der Waals surface area contributed by atoms with Crippen molar-refractivity contribution in [2.75, 3.05) is 0 Å². The molecule has 0 fully saturated rings. The maximum absolute atomic E-state index is 3.72. The lowest BCUT2D eigenvalue weighted by Gasteiger charge is -2.03. The van der Waals surface area contributed by atoms with E-state index in [1.807, 2.05) is 24.3 Å². The predicted octanol–water partition coefficient (Wildman–Crippen LogP) is 7.03. The van der Waals surface area contributed by atoms with Crippen molar-refractivity contribution >= 4 is 52.2 Å². The molecule has 0 saturated carbocycles. The van der Waals surface area contributed by atoms with E-state index in [0.717, 1.165) is 8.96 Å². The van der Waals surface area contributed by atoms with Gasteiger partial charge in [-0.05, 0) is 55.1 Å². The van der Waals surface area contributed by atoms with E-state index >= 15 is 0 Å². The Morgan fingerprint density at radius 1 is 0.667 bits per heavy atom. The molecule has 0 spiro atoms. The van der Waals surface area contributed by atoms with E-state index in [9.17, 15) is 0 Å². The zero-order chi connectivity index (χ0) is 14.7. The van der Waals surface area contributed by atoms with Crippen LogP contribution in [0.4, 0.5) is 0 Å². The molecule has 0 nitrogen and oxygen atoms in total. The Morgan fingerprint density at radius 2 is 1.29 bits per heavy atom. The first kappa shape index (κ1) is 14.8. The highest BCUT2D eigenvalue weighted by atomic mass is 79.9. The number of benzene rings is 2. The van der Waals surface area contributed by atoms with Gasteiger partial charge in [0.25, 0.3) is 0 Å². The highest BCUT2D eigenvalue weighted by Gasteiger charge is 2.10. The third-order valence-electron chi connectivity index (χ3n) is 3.10. The zero-order valence-corrected chi connectivity index (χ0v) is 15.1. The summed E-state index contributed by atoms with van der Waals surface area (Å²) >= 11 is 9.19. The Hall–Kier alpha value is -1.16. The van der Waals surface area contributed by atoms with Gasteiger partial charge in [0, 0.05) is 18.7 Å². The smallest absolute Gasteiger partial charge is 0.0495 e. The third kappa shape index (κ3) is 3.37. The summed E-state index contributed by atoms with van der Waals surface area (Å²) in [7, 11) is 0. The molecular weight excluding hydrogens is 408 g/mol. The zero-order valence-electron chi connectivity index (χ0n) is 11.1. The van der Waals surface area contributed by atoms with Crippen LogP contribution in [0.15, 0.2) is 72.8 Å². The van der Waals surface area contributed by atoms with Crippen molar-refractivity contribution in [1.82, 2.24) is 0 Å². The maximum atomic E-state index is 3.72. The number of hydrogen-bond acceptors (Lipinski definition) is 1. The fraction of sp³-hybridized carbons (Fsp3) is 0. The maximum Gasteiger partial charge on any atom is 0.0495 e. The third-order valence-corrected chi connectivity index (χ3v) is 6.72. The molecule has 0 aliphatic rings. The lowest BCUT2D eigenvalue weighted by atomic mass is 10.2.